The number of aromatic nitrogens is 2. The molecule has 1 aliphatic rings. The second-order valence-electron chi connectivity index (χ2n) is 8.10. The van der Waals surface area contributed by atoms with Gasteiger partial charge in [0.1, 0.15) is 18.3 Å². The topological polar surface area (TPSA) is 123 Å². The Bertz CT molecular complexity index is 1190. The summed E-state index contributed by atoms with van der Waals surface area (Å²) < 4.78 is 6.86. The Kier molecular flexibility index (Phi) is 6.62. The number of carbonyl (C=O) groups is 3. The number of carboxylic acid groups (broad SMARTS) is 1. The monoisotopic (exact) mass is 462 g/mol. The van der Waals surface area contributed by atoms with Gasteiger partial charge in [0.05, 0.1) is 12.2 Å². The van der Waals surface area contributed by atoms with Crippen LogP contribution in [0.1, 0.15) is 46.6 Å². The Morgan fingerprint density at radius 2 is 1.71 bits per heavy atom. The molecule has 2 amide bonds. The number of rotatable bonds is 8. The van der Waals surface area contributed by atoms with Crippen molar-refractivity contribution < 1.29 is 24.2 Å². The number of carbonyl (C=O) groups excluding carboxylic acids is 2. The second kappa shape index (κ2) is 9.78. The fourth-order valence-corrected chi connectivity index (χ4v) is 4.21. The molecule has 0 fully saturated rings. The van der Waals surface area contributed by atoms with Gasteiger partial charge in [-0.15, -0.1) is 0 Å². The Labute approximate surface area is 196 Å². The van der Waals surface area contributed by atoms with Crippen molar-refractivity contribution in [2.24, 2.45) is 7.05 Å². The number of nitrogens with one attached hydrogen (secondary N) is 2. The summed E-state index contributed by atoms with van der Waals surface area (Å²) in [4.78, 5) is 35.9. The molecule has 176 valence electrons. The molecule has 34 heavy (non-hydrogen) atoms. The van der Waals surface area contributed by atoms with Crippen LogP contribution in [0.15, 0.2) is 54.6 Å². The maximum absolute atomic E-state index is 12.4. The number of nitrogens with zero attached hydrogens (tertiary/aromatic N) is 2. The molecule has 0 saturated heterocycles. The van der Waals surface area contributed by atoms with Gasteiger partial charge in [0.15, 0.2) is 0 Å². The molecule has 0 spiro atoms. The quantitative estimate of drug-likeness (QED) is 0.473. The van der Waals surface area contributed by atoms with Crippen molar-refractivity contribution in [2.75, 3.05) is 6.61 Å². The fourth-order valence-electron chi connectivity index (χ4n) is 4.21. The van der Waals surface area contributed by atoms with E-state index in [9.17, 15) is 14.4 Å². The number of aryl methyl sites for hydroxylation is 1. The van der Waals surface area contributed by atoms with Crippen molar-refractivity contribution in [3.63, 3.8) is 0 Å². The van der Waals surface area contributed by atoms with Crippen LogP contribution in [0.5, 0.6) is 0 Å². The zero-order valence-electron chi connectivity index (χ0n) is 18.9. The molecule has 9 nitrogen and oxygen atoms in total. The molecule has 1 heterocycles. The molecule has 0 bridgehead atoms. The van der Waals surface area contributed by atoms with Crippen molar-refractivity contribution in [3.8, 4) is 11.1 Å². The van der Waals surface area contributed by atoms with E-state index in [0.717, 1.165) is 22.3 Å². The van der Waals surface area contributed by atoms with Crippen LogP contribution in [0.3, 0.4) is 0 Å². The summed E-state index contributed by atoms with van der Waals surface area (Å²) in [7, 11) is 1.58. The number of carboxylic acids is 1. The van der Waals surface area contributed by atoms with Gasteiger partial charge in [0.25, 0.3) is 5.91 Å². The van der Waals surface area contributed by atoms with Crippen LogP contribution >= 0.6 is 0 Å². The average Bonchev–Trinajstić information content (AvgIpc) is 3.37. The third-order valence-electron chi connectivity index (χ3n) is 5.93. The minimum atomic E-state index is -1.10. The molecular formula is C25H26N4O5. The summed E-state index contributed by atoms with van der Waals surface area (Å²) in [6.07, 6.45) is -0.329. The maximum atomic E-state index is 12.4. The van der Waals surface area contributed by atoms with E-state index in [1.165, 1.54) is 10.7 Å². The van der Waals surface area contributed by atoms with Gasteiger partial charge in [-0.05, 0) is 34.7 Å². The first-order valence-corrected chi connectivity index (χ1v) is 11.0. The lowest BCUT2D eigenvalue weighted by atomic mass is 9.98. The Hall–Kier alpha value is -4.14. The normalized spacial score (nSPS) is 13.0. The maximum Gasteiger partial charge on any atom is 0.407 e. The van der Waals surface area contributed by atoms with Crippen LogP contribution in [-0.2, 0) is 23.1 Å². The number of hydrogen-bond acceptors (Lipinski definition) is 5. The van der Waals surface area contributed by atoms with E-state index < -0.39 is 24.0 Å². The molecule has 2 aromatic carbocycles. The average molecular weight is 463 g/mol. The third kappa shape index (κ3) is 4.63. The van der Waals surface area contributed by atoms with Crippen molar-refractivity contribution in [2.45, 2.75) is 31.8 Å². The highest BCUT2D eigenvalue weighted by Crippen LogP contribution is 2.44. The van der Waals surface area contributed by atoms with Gasteiger partial charge < -0.3 is 20.5 Å². The van der Waals surface area contributed by atoms with Gasteiger partial charge in [-0.2, -0.15) is 5.10 Å². The molecule has 9 heteroatoms. The molecule has 1 aliphatic carbocycles. The highest BCUT2D eigenvalue weighted by Gasteiger charge is 2.29. The number of amides is 2. The van der Waals surface area contributed by atoms with Crippen LogP contribution in [0.25, 0.3) is 11.1 Å². The number of ether oxygens (including phenoxy) is 1. The Balaban J connectivity index is 1.34. The van der Waals surface area contributed by atoms with Crippen LogP contribution in [-0.4, -0.2) is 45.5 Å². The van der Waals surface area contributed by atoms with Crippen molar-refractivity contribution in [3.05, 3.63) is 77.1 Å². The van der Waals surface area contributed by atoms with E-state index >= 15 is 0 Å². The lowest BCUT2D eigenvalue weighted by Crippen LogP contribution is -2.40. The van der Waals surface area contributed by atoms with Gasteiger partial charge >= 0.3 is 12.1 Å². The zero-order chi connectivity index (χ0) is 24.2. The molecule has 0 radical (unpaired) electrons. The first-order chi connectivity index (χ1) is 16.4. The number of benzene rings is 2. The summed E-state index contributed by atoms with van der Waals surface area (Å²) in [5.74, 6) is -1.68. The van der Waals surface area contributed by atoms with Gasteiger partial charge in [-0.1, -0.05) is 55.5 Å². The van der Waals surface area contributed by atoms with E-state index in [4.69, 9.17) is 9.84 Å². The van der Waals surface area contributed by atoms with Crippen LogP contribution < -0.4 is 10.6 Å². The van der Waals surface area contributed by atoms with Crippen LogP contribution in [0, 0.1) is 0 Å². The molecular weight excluding hydrogens is 436 g/mol. The summed E-state index contributed by atoms with van der Waals surface area (Å²) >= 11 is 0. The predicted molar refractivity (Wildman–Crippen MR) is 124 cm³/mol. The number of alkyl carbamates (subject to hydrolysis) is 1. The Morgan fingerprint density at radius 1 is 1.09 bits per heavy atom. The summed E-state index contributed by atoms with van der Waals surface area (Å²) in [6, 6.07) is 16.7. The first-order valence-electron chi connectivity index (χ1n) is 11.0. The summed E-state index contributed by atoms with van der Waals surface area (Å²) in [5, 5.41) is 18.5. The largest absolute Gasteiger partial charge is 0.480 e. The minimum absolute atomic E-state index is 0.0379. The molecule has 0 aliphatic heterocycles. The minimum Gasteiger partial charge on any atom is -0.480 e. The van der Waals surface area contributed by atoms with Crippen molar-refractivity contribution in [1.29, 1.82) is 0 Å². The second-order valence-corrected chi connectivity index (χ2v) is 8.10. The van der Waals surface area contributed by atoms with Gasteiger partial charge in [-0.25, -0.2) is 9.59 Å². The summed E-state index contributed by atoms with van der Waals surface area (Å²) in [6.45, 7) is 1.93. The molecule has 1 aromatic heterocycles. The van der Waals surface area contributed by atoms with Gasteiger partial charge in [0, 0.05) is 13.0 Å². The highest BCUT2D eigenvalue weighted by atomic mass is 16.5. The van der Waals surface area contributed by atoms with Gasteiger partial charge in [-0.3, -0.25) is 9.48 Å². The molecule has 3 N–H and O–H groups in total. The lowest BCUT2D eigenvalue weighted by Gasteiger charge is -2.14. The summed E-state index contributed by atoms with van der Waals surface area (Å²) in [5.41, 5.74) is 5.21. The molecule has 0 saturated carbocycles. The number of hydrogen-bond donors (Lipinski definition) is 3. The van der Waals surface area contributed by atoms with Crippen LogP contribution in [0.4, 0.5) is 4.79 Å². The first kappa shape index (κ1) is 23.0. The van der Waals surface area contributed by atoms with E-state index in [2.05, 4.69) is 40.0 Å². The van der Waals surface area contributed by atoms with Crippen molar-refractivity contribution in [1.82, 2.24) is 20.4 Å². The predicted octanol–water partition coefficient (Wildman–Crippen LogP) is 3.05. The van der Waals surface area contributed by atoms with E-state index in [1.54, 1.807) is 14.0 Å². The standard InChI is InChI=1S/C25H26N4O5/c1-3-21(24(31)32)27-23(30)22-12-15(28-29(22)2)13-26-25(33)34-14-20-18-10-6-4-8-16(18)17-9-5-7-11-19(17)20/h4-12,20-21H,3,13-14H2,1-2H3,(H,26,33)(H,27,30)(H,31,32)/t21-/m1/s1. The molecule has 3 aromatic rings. The number of fused-ring (bicyclic) bond motifs is 3. The molecule has 1 atom stereocenters. The SMILES string of the molecule is CC[C@@H](NC(=O)c1cc(CNC(=O)OCC2c3ccccc3-c3ccccc32)nn1C)C(=O)O. The molecule has 0 unspecified atom stereocenters. The van der Waals surface area contributed by atoms with Crippen LogP contribution in [0.2, 0.25) is 0 Å². The van der Waals surface area contributed by atoms with E-state index in [1.807, 2.05) is 24.3 Å². The van der Waals surface area contributed by atoms with Gasteiger partial charge in [0.2, 0.25) is 0 Å². The molecule has 4 rings (SSSR count). The van der Waals surface area contributed by atoms with Crippen molar-refractivity contribution >= 4 is 18.0 Å². The Morgan fingerprint density at radius 3 is 2.29 bits per heavy atom. The smallest absolute Gasteiger partial charge is 0.407 e. The highest BCUT2D eigenvalue weighted by molar-refractivity contribution is 5.95. The lowest BCUT2D eigenvalue weighted by molar-refractivity contribution is -0.139. The van der Waals surface area contributed by atoms with E-state index in [-0.39, 0.29) is 31.2 Å². The number of aliphatic carboxylic acids is 1. The van der Waals surface area contributed by atoms with E-state index in [0.29, 0.717) is 5.69 Å². The third-order valence-corrected chi connectivity index (χ3v) is 5.93. The zero-order valence-corrected chi connectivity index (χ0v) is 18.9. The fraction of sp³-hybridized carbons (Fsp3) is 0.280.